The number of halogens is 1. The maximum atomic E-state index is 11.7. The van der Waals surface area contributed by atoms with Gasteiger partial charge >= 0.3 is 0 Å². The zero-order valence-corrected chi connectivity index (χ0v) is 19.4. The lowest BCUT2D eigenvalue weighted by Crippen LogP contribution is -2.37. The number of anilines is 1. The predicted octanol–water partition coefficient (Wildman–Crippen LogP) is 4.18. The second kappa shape index (κ2) is 14.7. The molecule has 0 aliphatic rings. The van der Waals surface area contributed by atoms with E-state index in [4.69, 9.17) is 4.74 Å². The zero-order valence-electron chi connectivity index (χ0n) is 17.1. The summed E-state index contributed by atoms with van der Waals surface area (Å²) in [5.41, 5.74) is 1.89. The van der Waals surface area contributed by atoms with E-state index in [1.54, 1.807) is 7.05 Å². The number of carbonyl (C=O) groups is 1. The van der Waals surface area contributed by atoms with E-state index in [0.29, 0.717) is 19.6 Å². The smallest absolute Gasteiger partial charge is 0.224 e. The van der Waals surface area contributed by atoms with Gasteiger partial charge in [-0.2, -0.15) is 0 Å². The Labute approximate surface area is 190 Å². The van der Waals surface area contributed by atoms with E-state index in [2.05, 4.69) is 20.9 Å². The van der Waals surface area contributed by atoms with Crippen molar-refractivity contribution in [3.8, 4) is 5.75 Å². The second-order valence-corrected chi connectivity index (χ2v) is 6.37. The molecule has 1 amide bonds. The number of carbonyl (C=O) groups excluding carboxylic acids is 1. The lowest BCUT2D eigenvalue weighted by atomic mass is 10.2. The number of para-hydroxylation sites is 1. The van der Waals surface area contributed by atoms with Gasteiger partial charge in [-0.15, -0.1) is 24.0 Å². The molecule has 158 valence electrons. The SMILES string of the molecule is CCCC(=O)Nc1cccc(CNC(=NC)NCCCOc2ccccc2)c1.I. The molecule has 0 radical (unpaired) electrons. The van der Waals surface area contributed by atoms with E-state index < -0.39 is 0 Å². The predicted molar refractivity (Wildman–Crippen MR) is 130 cm³/mol. The largest absolute Gasteiger partial charge is 0.494 e. The number of nitrogens with one attached hydrogen (secondary N) is 3. The highest BCUT2D eigenvalue weighted by Gasteiger charge is 2.03. The Morgan fingerprint density at radius 3 is 2.59 bits per heavy atom. The van der Waals surface area contributed by atoms with Crippen molar-refractivity contribution in [2.75, 3.05) is 25.5 Å². The van der Waals surface area contributed by atoms with E-state index in [9.17, 15) is 4.79 Å². The van der Waals surface area contributed by atoms with Gasteiger partial charge < -0.3 is 20.7 Å². The van der Waals surface area contributed by atoms with Gasteiger partial charge in [0.2, 0.25) is 5.91 Å². The summed E-state index contributed by atoms with van der Waals surface area (Å²) in [6.45, 7) is 4.02. The molecule has 0 atom stereocenters. The molecule has 2 aromatic carbocycles. The molecule has 6 nitrogen and oxygen atoms in total. The number of ether oxygens (including phenoxy) is 1. The molecule has 0 saturated heterocycles. The molecule has 2 rings (SSSR count). The summed E-state index contributed by atoms with van der Waals surface area (Å²) in [5, 5.41) is 9.48. The number of guanidine groups is 1. The quantitative estimate of drug-likeness (QED) is 0.194. The Bertz CT molecular complexity index is 753. The molecule has 29 heavy (non-hydrogen) atoms. The molecule has 0 spiro atoms. The van der Waals surface area contributed by atoms with Crippen molar-refractivity contribution in [1.82, 2.24) is 10.6 Å². The van der Waals surface area contributed by atoms with Gasteiger partial charge in [0.25, 0.3) is 0 Å². The van der Waals surface area contributed by atoms with Crippen LogP contribution in [-0.2, 0) is 11.3 Å². The van der Waals surface area contributed by atoms with Gasteiger partial charge in [0.05, 0.1) is 6.61 Å². The van der Waals surface area contributed by atoms with Crippen LogP contribution in [0.15, 0.2) is 59.6 Å². The molecular weight excluding hydrogens is 479 g/mol. The number of rotatable bonds is 10. The fourth-order valence-corrected chi connectivity index (χ4v) is 2.60. The van der Waals surface area contributed by atoms with Gasteiger partial charge in [0, 0.05) is 32.2 Å². The molecule has 3 N–H and O–H groups in total. The van der Waals surface area contributed by atoms with E-state index in [1.165, 1.54) is 0 Å². The standard InChI is InChI=1S/C22H30N4O2.HI/c1-3-9-21(27)26-19-11-7-10-18(16-19)17-25-22(23-2)24-14-8-15-28-20-12-5-4-6-13-20;/h4-7,10-13,16H,3,8-9,14-15,17H2,1-2H3,(H,26,27)(H2,23,24,25);1H. The van der Waals surface area contributed by atoms with Crippen LogP contribution in [0.5, 0.6) is 5.75 Å². The third-order valence-electron chi connectivity index (χ3n) is 4.00. The number of hydrogen-bond acceptors (Lipinski definition) is 3. The Balaban J connectivity index is 0.00000420. The topological polar surface area (TPSA) is 74.8 Å². The normalized spacial score (nSPS) is 10.6. The van der Waals surface area contributed by atoms with Crippen LogP contribution < -0.4 is 20.7 Å². The maximum Gasteiger partial charge on any atom is 0.224 e. The fourth-order valence-electron chi connectivity index (χ4n) is 2.60. The highest BCUT2D eigenvalue weighted by atomic mass is 127. The van der Waals surface area contributed by atoms with Crippen LogP contribution in [0.4, 0.5) is 5.69 Å². The first-order chi connectivity index (χ1) is 13.7. The monoisotopic (exact) mass is 510 g/mol. The summed E-state index contributed by atoms with van der Waals surface area (Å²) in [6.07, 6.45) is 2.24. The first-order valence-electron chi connectivity index (χ1n) is 9.72. The molecule has 0 unspecified atom stereocenters. The second-order valence-electron chi connectivity index (χ2n) is 6.37. The van der Waals surface area contributed by atoms with Crippen molar-refractivity contribution in [2.24, 2.45) is 4.99 Å². The van der Waals surface area contributed by atoms with Crippen LogP contribution >= 0.6 is 24.0 Å². The number of nitrogens with zero attached hydrogens (tertiary/aromatic N) is 1. The Kier molecular flexibility index (Phi) is 12.5. The Hall–Kier alpha value is -2.29. The van der Waals surface area contributed by atoms with E-state index >= 15 is 0 Å². The first-order valence-corrected chi connectivity index (χ1v) is 9.72. The molecule has 0 fully saturated rings. The maximum absolute atomic E-state index is 11.7. The van der Waals surface area contributed by atoms with Gasteiger partial charge in [0.15, 0.2) is 5.96 Å². The summed E-state index contributed by atoms with van der Waals surface area (Å²) in [6, 6.07) is 17.6. The van der Waals surface area contributed by atoms with Crippen molar-refractivity contribution in [1.29, 1.82) is 0 Å². The van der Waals surface area contributed by atoms with Crippen molar-refractivity contribution in [3.05, 3.63) is 60.2 Å². The fraction of sp³-hybridized carbons (Fsp3) is 0.364. The minimum Gasteiger partial charge on any atom is -0.494 e. The summed E-state index contributed by atoms with van der Waals surface area (Å²) in [4.78, 5) is 16.0. The average molecular weight is 510 g/mol. The Morgan fingerprint density at radius 1 is 1.07 bits per heavy atom. The molecule has 0 heterocycles. The van der Waals surface area contributed by atoms with Gasteiger partial charge in [-0.05, 0) is 42.7 Å². The summed E-state index contributed by atoms with van der Waals surface area (Å²) in [7, 11) is 1.75. The molecule has 0 bridgehead atoms. The van der Waals surface area contributed by atoms with Gasteiger partial charge in [-0.1, -0.05) is 37.3 Å². The molecule has 0 saturated carbocycles. The Morgan fingerprint density at radius 2 is 1.86 bits per heavy atom. The highest BCUT2D eigenvalue weighted by molar-refractivity contribution is 14.0. The van der Waals surface area contributed by atoms with E-state index in [1.807, 2.05) is 61.5 Å². The van der Waals surface area contributed by atoms with Crippen molar-refractivity contribution >= 4 is 41.5 Å². The molecule has 7 heteroatoms. The van der Waals surface area contributed by atoms with Gasteiger partial charge in [-0.25, -0.2) is 0 Å². The van der Waals surface area contributed by atoms with Crippen LogP contribution in [0.3, 0.4) is 0 Å². The average Bonchev–Trinajstić information content (AvgIpc) is 2.71. The molecule has 0 aliphatic heterocycles. The van der Waals surface area contributed by atoms with Gasteiger partial charge in [0.1, 0.15) is 5.75 Å². The van der Waals surface area contributed by atoms with Crippen LogP contribution in [-0.4, -0.2) is 32.1 Å². The van der Waals surface area contributed by atoms with Crippen molar-refractivity contribution in [3.63, 3.8) is 0 Å². The number of hydrogen-bond donors (Lipinski definition) is 3. The third kappa shape index (κ3) is 10.2. The lowest BCUT2D eigenvalue weighted by molar-refractivity contribution is -0.116. The molecule has 2 aromatic rings. The summed E-state index contributed by atoms with van der Waals surface area (Å²) in [5.74, 6) is 1.67. The van der Waals surface area contributed by atoms with E-state index in [-0.39, 0.29) is 29.9 Å². The van der Waals surface area contributed by atoms with Crippen LogP contribution in [0.2, 0.25) is 0 Å². The first kappa shape index (κ1) is 24.7. The summed E-state index contributed by atoms with van der Waals surface area (Å²) < 4.78 is 5.68. The number of benzene rings is 2. The van der Waals surface area contributed by atoms with E-state index in [0.717, 1.165) is 42.3 Å². The highest BCUT2D eigenvalue weighted by Crippen LogP contribution is 2.11. The zero-order chi connectivity index (χ0) is 20.0. The van der Waals surface area contributed by atoms with Crippen LogP contribution in [0.1, 0.15) is 31.7 Å². The molecule has 0 aromatic heterocycles. The van der Waals surface area contributed by atoms with Crippen LogP contribution in [0, 0.1) is 0 Å². The van der Waals surface area contributed by atoms with Crippen molar-refractivity contribution in [2.45, 2.75) is 32.7 Å². The minimum atomic E-state index is 0. The third-order valence-corrected chi connectivity index (χ3v) is 4.00. The van der Waals surface area contributed by atoms with Gasteiger partial charge in [-0.3, -0.25) is 9.79 Å². The number of amides is 1. The lowest BCUT2D eigenvalue weighted by Gasteiger charge is -2.13. The molecular formula is C22H31IN4O2. The summed E-state index contributed by atoms with van der Waals surface area (Å²) >= 11 is 0. The number of aliphatic imine (C=N–C) groups is 1. The minimum absolute atomic E-state index is 0. The van der Waals surface area contributed by atoms with Crippen molar-refractivity contribution < 1.29 is 9.53 Å². The molecule has 0 aliphatic carbocycles. The van der Waals surface area contributed by atoms with Crippen LogP contribution in [0.25, 0.3) is 0 Å².